The number of anilines is 1. The lowest BCUT2D eigenvalue weighted by Gasteiger charge is -2.10. The zero-order valence-electron chi connectivity index (χ0n) is 18.0. The number of carbonyl (C=O) groups is 2. The second-order valence-electron chi connectivity index (χ2n) is 7.63. The molecule has 0 saturated heterocycles. The van der Waals surface area contributed by atoms with Crippen LogP contribution >= 0.6 is 0 Å². The van der Waals surface area contributed by atoms with Crippen molar-refractivity contribution in [3.63, 3.8) is 0 Å². The number of hydrogen-bond acceptors (Lipinski definition) is 4. The monoisotopic (exact) mass is 460 g/mol. The summed E-state index contributed by atoms with van der Waals surface area (Å²) in [4.78, 5) is 49.3. The Morgan fingerprint density at radius 2 is 1.65 bits per heavy atom. The number of amides is 2. The van der Waals surface area contributed by atoms with E-state index in [0.29, 0.717) is 22.0 Å². The van der Waals surface area contributed by atoms with E-state index in [2.05, 4.69) is 15.7 Å². The average Bonchev–Trinajstić information content (AvgIpc) is 2.84. The number of carbonyl (C=O) groups excluding carboxylic acids is 2. The minimum atomic E-state index is -0.425. The molecule has 8 nitrogen and oxygen atoms in total. The fraction of sp³-hybridized carbons (Fsp3) is 0.120. The molecule has 0 aliphatic carbocycles. The van der Waals surface area contributed by atoms with Gasteiger partial charge in [0.1, 0.15) is 5.82 Å². The van der Waals surface area contributed by atoms with Gasteiger partial charge in [0.15, 0.2) is 0 Å². The van der Waals surface area contributed by atoms with Gasteiger partial charge in [0.2, 0.25) is 5.91 Å². The lowest BCUT2D eigenvalue weighted by molar-refractivity contribution is -0.121. The van der Waals surface area contributed by atoms with Gasteiger partial charge in [0, 0.05) is 24.2 Å². The van der Waals surface area contributed by atoms with Crippen molar-refractivity contribution in [2.24, 2.45) is 0 Å². The first-order chi connectivity index (χ1) is 16.4. The number of benzene rings is 3. The van der Waals surface area contributed by atoms with Gasteiger partial charge in [-0.3, -0.25) is 24.3 Å². The van der Waals surface area contributed by atoms with Crippen LogP contribution in [0.15, 0.2) is 82.4 Å². The Labute approximate surface area is 193 Å². The summed E-state index contributed by atoms with van der Waals surface area (Å²) in [7, 11) is 0. The van der Waals surface area contributed by atoms with Crippen LogP contribution in [0.5, 0.6) is 0 Å². The first kappa shape index (κ1) is 22.7. The third-order valence-corrected chi connectivity index (χ3v) is 5.23. The first-order valence-corrected chi connectivity index (χ1v) is 10.5. The lowest BCUT2D eigenvalue weighted by atomic mass is 10.1. The smallest absolute Gasteiger partial charge is 0.273 e. The average molecular weight is 460 g/mol. The van der Waals surface area contributed by atoms with E-state index in [1.165, 1.54) is 24.3 Å². The number of aromatic amines is 1. The Bertz CT molecular complexity index is 1480. The van der Waals surface area contributed by atoms with Gasteiger partial charge in [0.25, 0.3) is 17.0 Å². The maximum atomic E-state index is 13.0. The van der Waals surface area contributed by atoms with Gasteiger partial charge in [-0.15, -0.1) is 0 Å². The number of aryl methyl sites for hydroxylation is 1. The molecule has 0 aliphatic rings. The van der Waals surface area contributed by atoms with E-state index in [-0.39, 0.29) is 36.9 Å². The van der Waals surface area contributed by atoms with Gasteiger partial charge >= 0.3 is 0 Å². The van der Waals surface area contributed by atoms with E-state index in [9.17, 15) is 23.6 Å². The quantitative estimate of drug-likeness (QED) is 0.394. The number of rotatable bonds is 7. The molecule has 4 aromatic rings. The molecule has 0 spiro atoms. The molecule has 0 atom stereocenters. The molecule has 0 bridgehead atoms. The first-order valence-electron chi connectivity index (χ1n) is 10.5. The third kappa shape index (κ3) is 5.26. The minimum Gasteiger partial charge on any atom is -0.352 e. The van der Waals surface area contributed by atoms with Gasteiger partial charge in [-0.1, -0.05) is 24.3 Å². The molecule has 0 radical (unpaired) electrons. The molecular weight excluding hydrogens is 439 g/mol. The Kier molecular flexibility index (Phi) is 6.63. The van der Waals surface area contributed by atoms with E-state index in [1.54, 1.807) is 48.5 Å². The van der Waals surface area contributed by atoms with Crippen LogP contribution in [0, 0.1) is 5.82 Å². The fourth-order valence-corrected chi connectivity index (χ4v) is 3.47. The van der Waals surface area contributed by atoms with Crippen LogP contribution in [0.4, 0.5) is 10.1 Å². The molecule has 2 amide bonds. The Morgan fingerprint density at radius 1 is 0.912 bits per heavy atom. The summed E-state index contributed by atoms with van der Waals surface area (Å²) >= 11 is 0. The Balaban J connectivity index is 1.34. The van der Waals surface area contributed by atoms with Crippen molar-refractivity contribution in [1.29, 1.82) is 0 Å². The highest BCUT2D eigenvalue weighted by Crippen LogP contribution is 2.13. The van der Waals surface area contributed by atoms with Gasteiger partial charge in [-0.25, -0.2) is 9.07 Å². The largest absolute Gasteiger partial charge is 0.352 e. The van der Waals surface area contributed by atoms with Crippen molar-refractivity contribution in [3.8, 4) is 0 Å². The standard InChI is InChI=1S/C25H21FN4O4/c26-18-10-8-17(9-11-18)23(32)28-19-5-3-4-16(14-19)15-27-22(31)12-13-30-25(34)21-7-2-1-6-20(21)24(33)29-30/h1-11,14H,12-13,15H2,(H,27,31)(H,28,32)(H,29,33). The zero-order chi connectivity index (χ0) is 24.1. The molecule has 3 aromatic carbocycles. The lowest BCUT2D eigenvalue weighted by Crippen LogP contribution is -2.32. The van der Waals surface area contributed by atoms with Gasteiger partial charge in [0.05, 0.1) is 17.3 Å². The van der Waals surface area contributed by atoms with Gasteiger partial charge in [-0.2, -0.15) is 0 Å². The normalized spacial score (nSPS) is 10.7. The number of fused-ring (bicyclic) bond motifs is 1. The molecule has 9 heteroatoms. The Hall–Kier alpha value is -4.53. The molecular formula is C25H21FN4O4. The van der Waals surface area contributed by atoms with Crippen LogP contribution < -0.4 is 21.8 Å². The van der Waals surface area contributed by atoms with Crippen molar-refractivity contribution in [3.05, 3.63) is 110 Å². The van der Waals surface area contributed by atoms with Crippen molar-refractivity contribution in [2.45, 2.75) is 19.5 Å². The molecule has 0 unspecified atom stereocenters. The highest BCUT2D eigenvalue weighted by Gasteiger charge is 2.10. The molecule has 0 aliphatic heterocycles. The summed E-state index contributed by atoms with van der Waals surface area (Å²) in [6.07, 6.45) is -0.00478. The predicted octanol–water partition coefficient (Wildman–Crippen LogP) is 2.79. The maximum absolute atomic E-state index is 13.0. The fourth-order valence-electron chi connectivity index (χ4n) is 3.47. The van der Waals surface area contributed by atoms with E-state index in [0.717, 1.165) is 10.2 Å². The summed E-state index contributed by atoms with van der Waals surface area (Å²) < 4.78 is 14.2. The number of H-pyrrole nitrogens is 1. The summed E-state index contributed by atoms with van der Waals surface area (Å²) in [5.41, 5.74) is 0.840. The van der Waals surface area contributed by atoms with E-state index < -0.39 is 11.4 Å². The van der Waals surface area contributed by atoms with E-state index in [4.69, 9.17) is 0 Å². The maximum Gasteiger partial charge on any atom is 0.273 e. The van der Waals surface area contributed by atoms with Crippen LogP contribution in [0.2, 0.25) is 0 Å². The van der Waals surface area contributed by atoms with Crippen molar-refractivity contribution < 1.29 is 14.0 Å². The minimum absolute atomic E-state index is 0.00478. The van der Waals surface area contributed by atoms with Crippen LogP contribution in [0.25, 0.3) is 10.8 Å². The van der Waals surface area contributed by atoms with Crippen molar-refractivity contribution >= 4 is 28.3 Å². The molecule has 34 heavy (non-hydrogen) atoms. The number of nitrogens with one attached hydrogen (secondary N) is 3. The number of nitrogens with zero attached hydrogens (tertiary/aromatic N) is 1. The molecule has 172 valence electrons. The second-order valence-corrected chi connectivity index (χ2v) is 7.63. The number of halogens is 1. The molecule has 1 aromatic heterocycles. The van der Waals surface area contributed by atoms with E-state index in [1.807, 2.05) is 0 Å². The summed E-state index contributed by atoms with van der Waals surface area (Å²) in [6, 6.07) is 18.7. The highest BCUT2D eigenvalue weighted by molar-refractivity contribution is 6.04. The summed E-state index contributed by atoms with van der Waals surface area (Å²) in [5, 5.41) is 8.59. The number of hydrogen-bond donors (Lipinski definition) is 3. The third-order valence-electron chi connectivity index (χ3n) is 5.23. The topological polar surface area (TPSA) is 113 Å². The SMILES string of the molecule is O=C(CCn1[nH]c(=O)c2ccccc2c1=O)NCc1cccc(NC(=O)c2ccc(F)cc2)c1. The van der Waals surface area contributed by atoms with Crippen LogP contribution in [0.3, 0.4) is 0 Å². The van der Waals surface area contributed by atoms with E-state index >= 15 is 0 Å². The summed E-state index contributed by atoms with van der Waals surface area (Å²) in [6.45, 7) is 0.237. The van der Waals surface area contributed by atoms with Crippen LogP contribution in [-0.4, -0.2) is 21.6 Å². The molecule has 1 heterocycles. The van der Waals surface area contributed by atoms with Crippen molar-refractivity contribution in [1.82, 2.24) is 15.1 Å². The molecule has 4 rings (SSSR count). The summed E-state index contributed by atoms with van der Waals surface area (Å²) in [5.74, 6) is -1.11. The highest BCUT2D eigenvalue weighted by atomic mass is 19.1. The zero-order valence-corrected chi connectivity index (χ0v) is 18.0. The van der Waals surface area contributed by atoms with Gasteiger partial charge < -0.3 is 10.6 Å². The second kappa shape index (κ2) is 9.95. The molecule has 0 saturated carbocycles. The van der Waals surface area contributed by atoms with Gasteiger partial charge in [-0.05, 0) is 54.1 Å². The Morgan fingerprint density at radius 3 is 2.41 bits per heavy atom. The number of aromatic nitrogens is 2. The van der Waals surface area contributed by atoms with Crippen LogP contribution in [0.1, 0.15) is 22.3 Å². The molecule has 3 N–H and O–H groups in total. The van der Waals surface area contributed by atoms with Crippen LogP contribution in [-0.2, 0) is 17.9 Å². The van der Waals surface area contributed by atoms with Crippen molar-refractivity contribution in [2.75, 3.05) is 5.32 Å². The predicted molar refractivity (Wildman–Crippen MR) is 126 cm³/mol. The molecule has 0 fully saturated rings.